The summed E-state index contributed by atoms with van der Waals surface area (Å²) in [6, 6.07) is 51.8. The number of anilines is 3. The zero-order valence-corrected chi connectivity index (χ0v) is 24.1. The number of nitriles is 1. The molecule has 0 spiro atoms. The molecule has 1 aliphatic rings. The van der Waals surface area contributed by atoms with Crippen molar-refractivity contribution in [3.63, 3.8) is 0 Å². The Morgan fingerprint density at radius 3 is 1.72 bits per heavy atom. The van der Waals surface area contributed by atoms with Gasteiger partial charge in [-0.25, -0.2) is 0 Å². The van der Waals surface area contributed by atoms with Gasteiger partial charge in [0.2, 0.25) is 0 Å². The van der Waals surface area contributed by atoms with E-state index >= 15 is 0 Å². The summed E-state index contributed by atoms with van der Waals surface area (Å²) >= 11 is 0. The maximum Gasteiger partial charge on any atom is 0.0991 e. The van der Waals surface area contributed by atoms with Crippen molar-refractivity contribution in [2.75, 3.05) is 4.90 Å². The largest absolute Gasteiger partial charge is 0.310 e. The minimum absolute atomic E-state index is 0.141. The lowest BCUT2D eigenvalue weighted by atomic mass is 9.73. The van der Waals surface area contributed by atoms with Crippen LogP contribution >= 0.6 is 0 Å². The Balaban J connectivity index is 1.47. The van der Waals surface area contributed by atoms with Crippen molar-refractivity contribution in [3.05, 3.63) is 156 Å². The van der Waals surface area contributed by atoms with Crippen LogP contribution in [0.4, 0.5) is 17.1 Å². The van der Waals surface area contributed by atoms with E-state index in [1.165, 1.54) is 33.3 Å². The summed E-state index contributed by atoms with van der Waals surface area (Å²) < 4.78 is 2.37. The topological polar surface area (TPSA) is 32.0 Å². The highest BCUT2D eigenvalue weighted by atomic mass is 15.2. The lowest BCUT2D eigenvalue weighted by Crippen LogP contribution is -2.30. The number of fused-ring (bicyclic) bond motifs is 5. The van der Waals surface area contributed by atoms with Gasteiger partial charge in [-0.05, 0) is 76.9 Å². The highest BCUT2D eigenvalue weighted by Gasteiger charge is 2.36. The van der Waals surface area contributed by atoms with Gasteiger partial charge in [0, 0.05) is 27.6 Å². The molecule has 2 heterocycles. The first-order valence-corrected chi connectivity index (χ1v) is 14.7. The van der Waals surface area contributed by atoms with Gasteiger partial charge in [0.15, 0.2) is 0 Å². The predicted octanol–water partition coefficient (Wildman–Crippen LogP) is 10.4. The van der Waals surface area contributed by atoms with Crippen LogP contribution in [0.2, 0.25) is 0 Å². The first kappa shape index (κ1) is 25.1. The summed E-state index contributed by atoms with van der Waals surface area (Å²) in [5, 5.41) is 12.2. The quantitative estimate of drug-likeness (QED) is 0.219. The fourth-order valence-electron chi connectivity index (χ4n) is 6.94. The number of hydrogen-bond acceptors (Lipinski definition) is 2. The highest BCUT2D eigenvalue weighted by Crippen LogP contribution is 2.52. The Morgan fingerprint density at radius 2 is 1.09 bits per heavy atom. The maximum atomic E-state index is 9.71. The van der Waals surface area contributed by atoms with Crippen LogP contribution in [0.15, 0.2) is 140 Å². The predicted molar refractivity (Wildman–Crippen MR) is 178 cm³/mol. The minimum Gasteiger partial charge on any atom is -0.310 e. The molecule has 0 fully saturated rings. The van der Waals surface area contributed by atoms with Gasteiger partial charge < -0.3 is 9.47 Å². The molecule has 3 heteroatoms. The fourth-order valence-corrected chi connectivity index (χ4v) is 6.94. The molecule has 0 bridgehead atoms. The Kier molecular flexibility index (Phi) is 5.54. The van der Waals surface area contributed by atoms with Gasteiger partial charge >= 0.3 is 0 Å². The fraction of sp³-hybridized carbons (Fsp3) is 0.0750. The van der Waals surface area contributed by atoms with Crippen LogP contribution in [0, 0.1) is 11.3 Å². The van der Waals surface area contributed by atoms with Gasteiger partial charge in [-0.2, -0.15) is 5.26 Å². The maximum absolute atomic E-state index is 9.71. The standard InChI is InChI=1S/C40H29N3/c1-40(2)34-16-5-9-20-38(34)43(39-21-10-6-17-35(39)40)31-24-29(28-13-11-12-27(22-28)26-41)23-30(25-31)42-36-18-7-3-14-32(36)33-15-4-8-19-37(33)42/h3-25H,1-2H3. The van der Waals surface area contributed by atoms with Crippen molar-refractivity contribution in [1.29, 1.82) is 5.26 Å². The molecule has 3 nitrogen and oxygen atoms in total. The monoisotopic (exact) mass is 551 g/mol. The van der Waals surface area contributed by atoms with Crippen LogP contribution in [-0.2, 0) is 5.41 Å². The van der Waals surface area contributed by atoms with Gasteiger partial charge in [-0.15, -0.1) is 0 Å². The van der Waals surface area contributed by atoms with E-state index in [1.54, 1.807) is 0 Å². The molecule has 0 N–H and O–H groups in total. The van der Waals surface area contributed by atoms with Crippen molar-refractivity contribution in [3.8, 4) is 22.9 Å². The normalized spacial score (nSPS) is 13.5. The van der Waals surface area contributed by atoms with Crippen LogP contribution < -0.4 is 4.90 Å². The Morgan fingerprint density at radius 1 is 0.535 bits per heavy atom. The summed E-state index contributed by atoms with van der Waals surface area (Å²) in [6.07, 6.45) is 0. The van der Waals surface area contributed by atoms with Crippen molar-refractivity contribution in [1.82, 2.24) is 4.57 Å². The number of para-hydroxylation sites is 4. The number of nitrogens with zero attached hydrogens (tertiary/aromatic N) is 3. The van der Waals surface area contributed by atoms with E-state index in [9.17, 15) is 5.26 Å². The summed E-state index contributed by atoms with van der Waals surface area (Å²) in [4.78, 5) is 2.41. The second-order valence-corrected chi connectivity index (χ2v) is 11.8. The van der Waals surface area contributed by atoms with E-state index in [-0.39, 0.29) is 5.41 Å². The van der Waals surface area contributed by atoms with Crippen molar-refractivity contribution in [2.45, 2.75) is 19.3 Å². The third kappa shape index (κ3) is 3.81. The SMILES string of the molecule is CC1(C)c2ccccc2N(c2cc(-c3cccc(C#N)c3)cc(-n3c4ccccc4c4ccccc43)c2)c2ccccc21. The van der Waals surface area contributed by atoms with E-state index in [0.717, 1.165) is 33.5 Å². The number of benzene rings is 6. The van der Waals surface area contributed by atoms with Crippen LogP contribution in [0.5, 0.6) is 0 Å². The highest BCUT2D eigenvalue weighted by molar-refractivity contribution is 6.09. The van der Waals surface area contributed by atoms with Crippen LogP contribution in [0.25, 0.3) is 38.6 Å². The molecule has 0 saturated heterocycles. The van der Waals surface area contributed by atoms with Crippen LogP contribution in [0.1, 0.15) is 30.5 Å². The van der Waals surface area contributed by atoms with E-state index in [2.05, 4.69) is 151 Å². The molecule has 204 valence electrons. The molecular formula is C40H29N3. The molecule has 8 rings (SSSR count). The summed E-state index contributed by atoms with van der Waals surface area (Å²) in [6.45, 7) is 4.63. The number of rotatable bonds is 3. The van der Waals surface area contributed by atoms with Crippen LogP contribution in [-0.4, -0.2) is 4.57 Å². The average molecular weight is 552 g/mol. The summed E-state index contributed by atoms with van der Waals surface area (Å²) in [5.41, 5.74) is 12.0. The van der Waals surface area contributed by atoms with Crippen LogP contribution in [0.3, 0.4) is 0 Å². The number of hydrogen-bond donors (Lipinski definition) is 0. The number of aromatic nitrogens is 1. The van der Waals surface area contributed by atoms with E-state index in [1.807, 2.05) is 18.2 Å². The molecule has 0 radical (unpaired) electrons. The lowest BCUT2D eigenvalue weighted by Gasteiger charge is -2.42. The molecule has 7 aromatic rings. The second-order valence-electron chi connectivity index (χ2n) is 11.8. The molecule has 0 atom stereocenters. The van der Waals surface area contributed by atoms with Crippen molar-refractivity contribution >= 4 is 38.9 Å². The molecule has 1 aliphatic heterocycles. The third-order valence-electron chi connectivity index (χ3n) is 8.96. The zero-order chi connectivity index (χ0) is 29.1. The molecule has 0 aliphatic carbocycles. The smallest absolute Gasteiger partial charge is 0.0991 e. The molecule has 6 aromatic carbocycles. The molecule has 0 amide bonds. The van der Waals surface area contributed by atoms with Crippen molar-refractivity contribution < 1.29 is 0 Å². The molecule has 43 heavy (non-hydrogen) atoms. The van der Waals surface area contributed by atoms with Gasteiger partial charge in [0.1, 0.15) is 0 Å². The van der Waals surface area contributed by atoms with Gasteiger partial charge in [-0.3, -0.25) is 0 Å². The van der Waals surface area contributed by atoms with E-state index < -0.39 is 0 Å². The zero-order valence-electron chi connectivity index (χ0n) is 24.1. The lowest BCUT2D eigenvalue weighted by molar-refractivity contribution is 0.632. The third-order valence-corrected chi connectivity index (χ3v) is 8.96. The Bertz CT molecular complexity index is 2140. The van der Waals surface area contributed by atoms with Crippen molar-refractivity contribution in [2.24, 2.45) is 0 Å². The van der Waals surface area contributed by atoms with E-state index in [0.29, 0.717) is 5.56 Å². The van der Waals surface area contributed by atoms with E-state index in [4.69, 9.17) is 0 Å². The Hall–Kier alpha value is -5.59. The summed E-state index contributed by atoms with van der Waals surface area (Å²) in [7, 11) is 0. The average Bonchev–Trinajstić information content (AvgIpc) is 3.39. The first-order chi connectivity index (χ1) is 21.0. The minimum atomic E-state index is -0.141. The van der Waals surface area contributed by atoms with Gasteiger partial charge in [0.25, 0.3) is 0 Å². The summed E-state index contributed by atoms with van der Waals surface area (Å²) in [5.74, 6) is 0. The first-order valence-electron chi connectivity index (χ1n) is 14.7. The Labute approximate surface area is 251 Å². The molecular weight excluding hydrogens is 522 g/mol. The second kappa shape index (κ2) is 9.48. The van der Waals surface area contributed by atoms with Gasteiger partial charge in [0.05, 0.1) is 34.0 Å². The molecule has 1 aromatic heterocycles. The molecule has 0 unspecified atom stereocenters. The van der Waals surface area contributed by atoms with Gasteiger partial charge in [-0.1, -0.05) is 98.8 Å². The molecule has 0 saturated carbocycles.